The zero-order valence-corrected chi connectivity index (χ0v) is 8.79. The first-order valence-electron chi connectivity index (χ1n) is 5.53. The molecule has 0 aromatic rings. The van der Waals surface area contributed by atoms with Gasteiger partial charge in [0.25, 0.3) is 0 Å². The van der Waals surface area contributed by atoms with Gasteiger partial charge in [0.2, 0.25) is 0 Å². The predicted octanol–water partition coefficient (Wildman–Crippen LogP) is 2.57. The molecule has 13 heavy (non-hydrogen) atoms. The van der Waals surface area contributed by atoms with Crippen LogP contribution in [0.3, 0.4) is 0 Å². The largest absolute Gasteiger partial charge is 0.327 e. The second kappa shape index (κ2) is 3.13. The van der Waals surface area contributed by atoms with E-state index in [0.717, 1.165) is 17.8 Å². The normalized spacial score (nSPS) is 41.9. The molecule has 3 saturated carbocycles. The molecule has 3 unspecified atom stereocenters. The molecule has 3 fully saturated rings. The fraction of sp³-hybridized carbons (Fsp3) is 0.833. The van der Waals surface area contributed by atoms with E-state index in [9.17, 15) is 0 Å². The van der Waals surface area contributed by atoms with Crippen LogP contribution in [0.4, 0.5) is 0 Å². The summed E-state index contributed by atoms with van der Waals surface area (Å²) < 4.78 is 0. The molecule has 2 bridgehead atoms. The van der Waals surface area contributed by atoms with Gasteiger partial charge in [-0.05, 0) is 42.4 Å². The average Bonchev–Trinajstić information content (AvgIpc) is 2.14. The Morgan fingerprint density at radius 2 is 2.15 bits per heavy atom. The summed E-state index contributed by atoms with van der Waals surface area (Å²) in [6.07, 6.45) is 8.80. The van der Waals surface area contributed by atoms with Crippen molar-refractivity contribution >= 4 is 0 Å². The van der Waals surface area contributed by atoms with Crippen molar-refractivity contribution in [3.63, 3.8) is 0 Å². The highest BCUT2D eigenvalue weighted by atomic mass is 14.6. The van der Waals surface area contributed by atoms with Crippen LogP contribution in [0.15, 0.2) is 12.2 Å². The van der Waals surface area contributed by atoms with Gasteiger partial charge in [-0.2, -0.15) is 0 Å². The van der Waals surface area contributed by atoms with E-state index in [0.29, 0.717) is 12.0 Å². The maximum absolute atomic E-state index is 5.48. The molecule has 3 rings (SSSR count). The Balaban J connectivity index is 2.03. The molecule has 0 amide bonds. The molecular weight excluding hydrogens is 158 g/mol. The minimum absolute atomic E-state index is 0.613. The molecule has 3 aliphatic carbocycles. The van der Waals surface area contributed by atoms with Crippen LogP contribution < -0.4 is 5.73 Å². The molecule has 3 aliphatic rings. The minimum Gasteiger partial charge on any atom is -0.327 e. The second-order valence-corrected chi connectivity index (χ2v) is 5.27. The number of hydrogen-bond acceptors (Lipinski definition) is 1. The Morgan fingerprint density at radius 3 is 2.69 bits per heavy atom. The highest BCUT2D eigenvalue weighted by Gasteiger charge is 2.53. The summed E-state index contributed by atoms with van der Waals surface area (Å²) in [5.74, 6) is 2.78. The van der Waals surface area contributed by atoms with E-state index >= 15 is 0 Å². The van der Waals surface area contributed by atoms with Gasteiger partial charge in [0, 0.05) is 6.54 Å². The molecular formula is C12H21N. The van der Waals surface area contributed by atoms with E-state index in [2.05, 4.69) is 26.0 Å². The van der Waals surface area contributed by atoms with Gasteiger partial charge in [0.15, 0.2) is 0 Å². The van der Waals surface area contributed by atoms with E-state index in [1.165, 1.54) is 19.3 Å². The zero-order valence-electron chi connectivity index (χ0n) is 8.79. The lowest BCUT2D eigenvalue weighted by Gasteiger charge is -2.59. The van der Waals surface area contributed by atoms with Gasteiger partial charge in [0.05, 0.1) is 0 Å². The Labute approximate surface area is 81.4 Å². The highest BCUT2D eigenvalue weighted by molar-refractivity contribution is 5.08. The number of fused-ring (bicyclic) bond motifs is 2. The first-order valence-corrected chi connectivity index (χ1v) is 5.53. The van der Waals surface area contributed by atoms with Gasteiger partial charge in [-0.25, -0.2) is 0 Å². The monoisotopic (exact) mass is 179 g/mol. The van der Waals surface area contributed by atoms with Crippen LogP contribution in [0, 0.1) is 23.2 Å². The third-order valence-electron chi connectivity index (χ3n) is 4.43. The maximum atomic E-state index is 5.48. The van der Waals surface area contributed by atoms with Crippen molar-refractivity contribution < 1.29 is 0 Å². The molecule has 0 spiro atoms. The summed E-state index contributed by atoms with van der Waals surface area (Å²) in [6.45, 7) is 5.58. The SMILES string of the molecule is CC1(C)C2CCC(/C=C/CN)C1C2. The Hall–Kier alpha value is -0.300. The van der Waals surface area contributed by atoms with Crippen LogP contribution in [0.5, 0.6) is 0 Å². The fourth-order valence-electron chi connectivity index (χ4n) is 3.35. The number of allylic oxidation sites excluding steroid dienone is 1. The number of hydrogen-bond donors (Lipinski definition) is 1. The van der Waals surface area contributed by atoms with Gasteiger partial charge >= 0.3 is 0 Å². The first kappa shape index (κ1) is 9.26. The van der Waals surface area contributed by atoms with Crippen LogP contribution in [0.25, 0.3) is 0 Å². The number of rotatable bonds is 2. The summed E-state index contributed by atoms with van der Waals surface area (Å²) in [7, 11) is 0. The average molecular weight is 179 g/mol. The Bertz CT molecular complexity index is 215. The lowest BCUT2D eigenvalue weighted by Crippen LogP contribution is -2.51. The van der Waals surface area contributed by atoms with Gasteiger partial charge in [-0.15, -0.1) is 0 Å². The molecule has 0 radical (unpaired) electrons. The van der Waals surface area contributed by atoms with E-state index in [-0.39, 0.29) is 0 Å². The van der Waals surface area contributed by atoms with Crippen LogP contribution in [0.1, 0.15) is 33.1 Å². The molecule has 1 heteroatoms. The summed E-state index contributed by atoms with van der Waals surface area (Å²) in [5.41, 5.74) is 6.10. The maximum Gasteiger partial charge on any atom is 0.0106 e. The predicted molar refractivity (Wildman–Crippen MR) is 56.3 cm³/mol. The third-order valence-corrected chi connectivity index (χ3v) is 4.43. The highest BCUT2D eigenvalue weighted by Crippen LogP contribution is 2.61. The third kappa shape index (κ3) is 1.34. The fourth-order valence-corrected chi connectivity index (χ4v) is 3.35. The van der Waals surface area contributed by atoms with Crippen molar-refractivity contribution in [2.75, 3.05) is 6.54 Å². The van der Waals surface area contributed by atoms with Crippen LogP contribution >= 0.6 is 0 Å². The van der Waals surface area contributed by atoms with E-state index < -0.39 is 0 Å². The molecule has 74 valence electrons. The van der Waals surface area contributed by atoms with Crippen LogP contribution in [0.2, 0.25) is 0 Å². The zero-order chi connectivity index (χ0) is 9.47. The second-order valence-electron chi connectivity index (χ2n) is 5.27. The Morgan fingerprint density at radius 1 is 1.38 bits per heavy atom. The smallest absolute Gasteiger partial charge is 0.0106 e. The standard InChI is InChI=1S/C12H21N/c1-12(2)10-6-5-9(4-3-7-13)11(12)8-10/h3-4,9-11H,5-8,13H2,1-2H3/b4-3+. The summed E-state index contributed by atoms with van der Waals surface area (Å²) in [6, 6.07) is 0. The van der Waals surface area contributed by atoms with Gasteiger partial charge in [-0.1, -0.05) is 26.0 Å². The van der Waals surface area contributed by atoms with Crippen molar-refractivity contribution in [3.05, 3.63) is 12.2 Å². The summed E-state index contributed by atoms with van der Waals surface area (Å²) in [4.78, 5) is 0. The van der Waals surface area contributed by atoms with Gasteiger partial charge in [0.1, 0.15) is 0 Å². The van der Waals surface area contributed by atoms with Crippen molar-refractivity contribution in [1.82, 2.24) is 0 Å². The van der Waals surface area contributed by atoms with Crippen LogP contribution in [-0.4, -0.2) is 6.54 Å². The number of nitrogens with two attached hydrogens (primary N) is 1. The molecule has 0 aromatic carbocycles. The van der Waals surface area contributed by atoms with E-state index in [1.807, 2.05) is 0 Å². The van der Waals surface area contributed by atoms with Gasteiger partial charge < -0.3 is 5.73 Å². The Kier molecular flexibility index (Phi) is 2.23. The summed E-state index contributed by atoms with van der Waals surface area (Å²) in [5, 5.41) is 0. The molecule has 0 heterocycles. The molecule has 0 saturated heterocycles. The summed E-state index contributed by atoms with van der Waals surface area (Å²) >= 11 is 0. The first-order chi connectivity index (χ1) is 6.16. The molecule has 1 nitrogen and oxygen atoms in total. The van der Waals surface area contributed by atoms with Crippen molar-refractivity contribution in [2.45, 2.75) is 33.1 Å². The lowest BCUT2D eigenvalue weighted by atomic mass is 9.45. The molecule has 3 atom stereocenters. The topological polar surface area (TPSA) is 26.0 Å². The quantitative estimate of drug-likeness (QED) is 0.648. The minimum atomic E-state index is 0.613. The van der Waals surface area contributed by atoms with Crippen molar-refractivity contribution in [1.29, 1.82) is 0 Å². The van der Waals surface area contributed by atoms with E-state index in [4.69, 9.17) is 5.73 Å². The van der Waals surface area contributed by atoms with E-state index in [1.54, 1.807) is 0 Å². The van der Waals surface area contributed by atoms with Crippen LogP contribution in [-0.2, 0) is 0 Å². The van der Waals surface area contributed by atoms with Crippen molar-refractivity contribution in [2.24, 2.45) is 28.9 Å². The van der Waals surface area contributed by atoms with Crippen molar-refractivity contribution in [3.8, 4) is 0 Å². The lowest BCUT2D eigenvalue weighted by molar-refractivity contribution is -0.0904. The van der Waals surface area contributed by atoms with Gasteiger partial charge in [-0.3, -0.25) is 0 Å². The molecule has 0 aliphatic heterocycles. The molecule has 0 aromatic heterocycles. The molecule has 2 N–H and O–H groups in total.